The highest BCUT2D eigenvalue weighted by Gasteiger charge is 2.01. The number of hydrogen-bond acceptors (Lipinski definition) is 3. The molecule has 0 saturated carbocycles. The van der Waals surface area contributed by atoms with Gasteiger partial charge in [-0.25, -0.2) is 0 Å². The van der Waals surface area contributed by atoms with Crippen LogP contribution in [0.5, 0.6) is 0 Å². The van der Waals surface area contributed by atoms with Crippen molar-refractivity contribution in [2.45, 2.75) is 6.54 Å². The highest BCUT2D eigenvalue weighted by Crippen LogP contribution is 2.06. The van der Waals surface area contributed by atoms with Gasteiger partial charge < -0.3 is 4.52 Å². The lowest BCUT2D eigenvalue weighted by molar-refractivity contribution is 0.370. The number of rotatable bonds is 2. The summed E-state index contributed by atoms with van der Waals surface area (Å²) in [5.74, 6) is 0.816. The fraction of sp³-hybridized carbons (Fsp3) is 0.143. The van der Waals surface area contributed by atoms with Crippen molar-refractivity contribution in [1.29, 1.82) is 0 Å². The second kappa shape index (κ2) is 3.26. The zero-order valence-electron chi connectivity index (χ0n) is 6.14. The maximum atomic E-state index is 4.95. The fourth-order valence-electron chi connectivity index (χ4n) is 0.904. The molecule has 0 aliphatic heterocycles. The quantitative estimate of drug-likeness (QED) is 0.780. The predicted molar refractivity (Wildman–Crippen MR) is 50.5 cm³/mol. The third kappa shape index (κ3) is 1.50. The number of nitrogens with zero attached hydrogens (tertiary/aromatic N) is 3. The van der Waals surface area contributed by atoms with E-state index in [1.807, 2.05) is 16.8 Å². The molecular formula is C7H6IN3O. The third-order valence-corrected chi connectivity index (χ3v) is 2.38. The van der Waals surface area contributed by atoms with E-state index in [-0.39, 0.29) is 0 Å². The first-order valence-corrected chi connectivity index (χ1v) is 4.51. The predicted octanol–water partition coefficient (Wildman–Crippen LogP) is 1.52. The van der Waals surface area contributed by atoms with Crippen molar-refractivity contribution < 1.29 is 4.52 Å². The lowest BCUT2D eigenvalue weighted by Crippen LogP contribution is -2.02. The summed E-state index contributed by atoms with van der Waals surface area (Å²) in [5, 5.41) is 7.73. The molecule has 0 N–H and O–H groups in total. The fourth-order valence-corrected chi connectivity index (χ4v) is 1.36. The van der Waals surface area contributed by atoms with E-state index in [1.54, 1.807) is 12.4 Å². The van der Waals surface area contributed by atoms with Crippen LogP contribution in [0.3, 0.4) is 0 Å². The van der Waals surface area contributed by atoms with Crippen LogP contribution in [-0.4, -0.2) is 14.9 Å². The van der Waals surface area contributed by atoms with Gasteiger partial charge in [-0.1, -0.05) is 5.16 Å². The molecule has 2 aromatic rings. The summed E-state index contributed by atoms with van der Waals surface area (Å²) in [7, 11) is 0. The first-order valence-electron chi connectivity index (χ1n) is 3.43. The Morgan fingerprint density at radius 1 is 1.42 bits per heavy atom. The van der Waals surface area contributed by atoms with Gasteiger partial charge in [-0.3, -0.25) is 4.68 Å². The van der Waals surface area contributed by atoms with E-state index < -0.39 is 0 Å². The molecule has 2 aromatic heterocycles. The molecule has 0 aromatic carbocycles. The zero-order chi connectivity index (χ0) is 8.39. The van der Waals surface area contributed by atoms with E-state index in [0.29, 0.717) is 6.54 Å². The van der Waals surface area contributed by atoms with Crippen LogP contribution in [0.25, 0.3) is 0 Å². The minimum atomic E-state index is 0.644. The molecule has 0 radical (unpaired) electrons. The van der Waals surface area contributed by atoms with Gasteiger partial charge in [0.15, 0.2) is 5.76 Å². The van der Waals surface area contributed by atoms with E-state index >= 15 is 0 Å². The maximum absolute atomic E-state index is 4.95. The monoisotopic (exact) mass is 275 g/mol. The zero-order valence-corrected chi connectivity index (χ0v) is 8.30. The van der Waals surface area contributed by atoms with E-state index in [2.05, 4.69) is 32.8 Å². The summed E-state index contributed by atoms with van der Waals surface area (Å²) in [6.45, 7) is 0.644. The molecule has 0 spiro atoms. The normalized spacial score (nSPS) is 10.4. The Kier molecular flexibility index (Phi) is 2.11. The Balaban J connectivity index is 2.20. The molecule has 12 heavy (non-hydrogen) atoms. The highest BCUT2D eigenvalue weighted by atomic mass is 127. The molecule has 0 aliphatic rings. The molecule has 2 heterocycles. The smallest absolute Gasteiger partial charge is 0.158 e. The first kappa shape index (κ1) is 7.78. The van der Waals surface area contributed by atoms with Gasteiger partial charge in [0.05, 0.1) is 16.1 Å². The minimum Gasteiger partial charge on any atom is -0.359 e. The van der Waals surface area contributed by atoms with Crippen LogP contribution in [0, 0.1) is 3.70 Å². The van der Waals surface area contributed by atoms with Crippen LogP contribution in [0.4, 0.5) is 0 Å². The van der Waals surface area contributed by atoms with Crippen molar-refractivity contribution in [3.05, 3.63) is 34.0 Å². The van der Waals surface area contributed by atoms with Crippen molar-refractivity contribution in [3.8, 4) is 0 Å². The Morgan fingerprint density at radius 2 is 2.33 bits per heavy atom. The van der Waals surface area contributed by atoms with Gasteiger partial charge in [0.2, 0.25) is 0 Å². The molecule has 0 saturated heterocycles. The number of halogens is 1. The SMILES string of the molecule is Ic1ccnn1Cc1ccno1. The summed E-state index contributed by atoms with van der Waals surface area (Å²) in [5.41, 5.74) is 0. The Labute approximate surface area is 82.7 Å². The van der Waals surface area contributed by atoms with Gasteiger partial charge in [0.25, 0.3) is 0 Å². The van der Waals surface area contributed by atoms with Crippen molar-refractivity contribution in [3.63, 3.8) is 0 Å². The van der Waals surface area contributed by atoms with Crippen LogP contribution >= 0.6 is 22.6 Å². The topological polar surface area (TPSA) is 43.9 Å². The molecule has 0 bridgehead atoms. The van der Waals surface area contributed by atoms with Crippen molar-refractivity contribution in [2.24, 2.45) is 0 Å². The van der Waals surface area contributed by atoms with E-state index in [4.69, 9.17) is 4.52 Å². The van der Waals surface area contributed by atoms with Gasteiger partial charge in [0.1, 0.15) is 6.54 Å². The molecule has 0 aliphatic carbocycles. The van der Waals surface area contributed by atoms with Gasteiger partial charge in [-0.15, -0.1) is 0 Å². The van der Waals surface area contributed by atoms with Gasteiger partial charge in [0, 0.05) is 6.07 Å². The average molecular weight is 275 g/mol. The number of aromatic nitrogens is 3. The van der Waals surface area contributed by atoms with Crippen LogP contribution in [0.15, 0.2) is 29.0 Å². The van der Waals surface area contributed by atoms with E-state index in [9.17, 15) is 0 Å². The average Bonchev–Trinajstić information content (AvgIpc) is 2.65. The Morgan fingerprint density at radius 3 is 2.92 bits per heavy atom. The molecule has 62 valence electrons. The van der Waals surface area contributed by atoms with Crippen molar-refractivity contribution >= 4 is 22.6 Å². The summed E-state index contributed by atoms with van der Waals surface area (Å²) in [4.78, 5) is 0. The van der Waals surface area contributed by atoms with E-state index in [1.165, 1.54) is 0 Å². The van der Waals surface area contributed by atoms with Crippen molar-refractivity contribution in [2.75, 3.05) is 0 Å². The second-order valence-electron chi connectivity index (χ2n) is 2.29. The van der Waals surface area contributed by atoms with Crippen LogP contribution in [0.2, 0.25) is 0 Å². The number of hydrogen-bond donors (Lipinski definition) is 0. The molecule has 4 nitrogen and oxygen atoms in total. The first-order chi connectivity index (χ1) is 5.86. The summed E-state index contributed by atoms with van der Waals surface area (Å²) in [6, 6.07) is 3.77. The second-order valence-corrected chi connectivity index (χ2v) is 3.40. The summed E-state index contributed by atoms with van der Waals surface area (Å²) < 4.78 is 7.88. The van der Waals surface area contributed by atoms with Crippen LogP contribution in [0.1, 0.15) is 5.76 Å². The molecule has 5 heteroatoms. The summed E-state index contributed by atoms with van der Waals surface area (Å²) >= 11 is 2.22. The molecule has 0 fully saturated rings. The molecule has 2 rings (SSSR count). The molecule has 0 unspecified atom stereocenters. The lowest BCUT2D eigenvalue weighted by atomic mass is 10.5. The molecule has 0 amide bonds. The largest absolute Gasteiger partial charge is 0.359 e. The maximum Gasteiger partial charge on any atom is 0.158 e. The van der Waals surface area contributed by atoms with Gasteiger partial charge in [-0.05, 0) is 28.7 Å². The standard InChI is InChI=1S/C7H6IN3O/c8-7-2-3-9-11(7)5-6-1-4-10-12-6/h1-4H,5H2. The summed E-state index contributed by atoms with van der Waals surface area (Å²) in [6.07, 6.45) is 3.39. The Hall–Kier alpha value is -0.850. The molecular weight excluding hydrogens is 269 g/mol. The van der Waals surface area contributed by atoms with Gasteiger partial charge >= 0.3 is 0 Å². The lowest BCUT2D eigenvalue weighted by Gasteiger charge is -1.97. The highest BCUT2D eigenvalue weighted by molar-refractivity contribution is 14.1. The minimum absolute atomic E-state index is 0.644. The van der Waals surface area contributed by atoms with Crippen molar-refractivity contribution in [1.82, 2.24) is 14.9 Å². The Bertz CT molecular complexity index is 354. The molecule has 0 atom stereocenters. The third-order valence-electron chi connectivity index (χ3n) is 1.46. The van der Waals surface area contributed by atoms with E-state index in [0.717, 1.165) is 9.46 Å². The van der Waals surface area contributed by atoms with Crippen LogP contribution < -0.4 is 0 Å². The van der Waals surface area contributed by atoms with Gasteiger partial charge in [-0.2, -0.15) is 5.10 Å². The van der Waals surface area contributed by atoms with Crippen LogP contribution in [-0.2, 0) is 6.54 Å².